The maximum Gasteiger partial charge on any atom is 0.224 e. The monoisotopic (exact) mass is 363 g/mol. The molecule has 1 aliphatic carbocycles. The van der Waals surface area contributed by atoms with Crippen LogP contribution in [0, 0.1) is 29.0 Å². The highest BCUT2D eigenvalue weighted by Crippen LogP contribution is 2.50. The van der Waals surface area contributed by atoms with E-state index < -0.39 is 0 Å². The van der Waals surface area contributed by atoms with Gasteiger partial charge in [-0.25, -0.2) is 4.39 Å². The Labute approximate surface area is 158 Å². The van der Waals surface area contributed by atoms with Gasteiger partial charge in [-0.1, -0.05) is 6.92 Å². The molecule has 1 amide bonds. The normalized spacial score (nSPS) is 24.1. The predicted octanol–water partition coefficient (Wildman–Crippen LogP) is 4.63. The summed E-state index contributed by atoms with van der Waals surface area (Å²) in [5.74, 6) is 0.322. The van der Waals surface area contributed by atoms with Crippen LogP contribution in [0.1, 0.15) is 43.9 Å². The van der Waals surface area contributed by atoms with Gasteiger partial charge in [-0.2, -0.15) is 5.26 Å². The molecule has 1 aliphatic heterocycles. The molecule has 1 N–H and O–H groups in total. The number of carbonyl (C=O) groups is 1. The largest absolute Gasteiger partial charge is 0.378 e. The highest BCUT2D eigenvalue weighted by atomic mass is 19.1. The number of benzene rings is 2. The topological polar surface area (TPSA) is 56.1 Å². The quantitative estimate of drug-likeness (QED) is 0.865. The van der Waals surface area contributed by atoms with Crippen molar-refractivity contribution >= 4 is 17.3 Å². The Morgan fingerprint density at radius 3 is 2.52 bits per heavy atom. The van der Waals surface area contributed by atoms with Gasteiger partial charge in [0.05, 0.1) is 17.7 Å². The van der Waals surface area contributed by atoms with Gasteiger partial charge in [-0.3, -0.25) is 4.79 Å². The van der Waals surface area contributed by atoms with Crippen molar-refractivity contribution in [3.8, 4) is 6.07 Å². The number of halogens is 1. The molecule has 1 unspecified atom stereocenters. The number of nitrogens with one attached hydrogen (secondary N) is 1. The fraction of sp³-hybridized carbons (Fsp3) is 0.364. The third-order valence-corrected chi connectivity index (χ3v) is 5.73. The number of amides is 1. The van der Waals surface area contributed by atoms with Gasteiger partial charge >= 0.3 is 0 Å². The third-order valence-electron chi connectivity index (χ3n) is 5.73. The van der Waals surface area contributed by atoms with E-state index >= 15 is 0 Å². The minimum Gasteiger partial charge on any atom is -0.378 e. The number of rotatable bonds is 3. The Morgan fingerprint density at radius 2 is 1.93 bits per heavy atom. The molecule has 3 atom stereocenters. The van der Waals surface area contributed by atoms with Crippen molar-refractivity contribution in [2.75, 3.05) is 10.2 Å². The van der Waals surface area contributed by atoms with Crippen molar-refractivity contribution in [3.63, 3.8) is 0 Å². The molecule has 1 heterocycles. The van der Waals surface area contributed by atoms with E-state index in [0.717, 1.165) is 29.8 Å². The molecular weight excluding hydrogens is 341 g/mol. The molecule has 0 aromatic heterocycles. The smallest absolute Gasteiger partial charge is 0.224 e. The highest BCUT2D eigenvalue weighted by molar-refractivity contribution is 5.94. The Balaban J connectivity index is 1.77. The van der Waals surface area contributed by atoms with Crippen LogP contribution in [-0.4, -0.2) is 11.9 Å². The third kappa shape index (κ3) is 3.16. The van der Waals surface area contributed by atoms with Gasteiger partial charge in [0, 0.05) is 35.8 Å². The summed E-state index contributed by atoms with van der Waals surface area (Å²) in [5, 5.41) is 12.5. The second-order valence-electron chi connectivity index (χ2n) is 7.59. The zero-order valence-electron chi connectivity index (χ0n) is 15.4. The summed E-state index contributed by atoms with van der Waals surface area (Å²) in [6.07, 6.45) is 2.25. The van der Waals surface area contributed by atoms with Crippen LogP contribution in [0.5, 0.6) is 0 Å². The first-order chi connectivity index (χ1) is 13.0. The van der Waals surface area contributed by atoms with Crippen LogP contribution in [-0.2, 0) is 4.79 Å². The maximum absolute atomic E-state index is 14.1. The van der Waals surface area contributed by atoms with Crippen LogP contribution in [0.2, 0.25) is 0 Å². The fourth-order valence-electron chi connectivity index (χ4n) is 4.36. The maximum atomic E-state index is 14.1. The van der Waals surface area contributed by atoms with E-state index in [1.165, 1.54) is 12.1 Å². The van der Waals surface area contributed by atoms with E-state index in [1.54, 1.807) is 25.1 Å². The summed E-state index contributed by atoms with van der Waals surface area (Å²) >= 11 is 0. The van der Waals surface area contributed by atoms with Crippen LogP contribution in [0.3, 0.4) is 0 Å². The van der Waals surface area contributed by atoms with Crippen molar-refractivity contribution in [1.82, 2.24) is 0 Å². The first kappa shape index (κ1) is 17.5. The van der Waals surface area contributed by atoms with Gasteiger partial charge in [0.15, 0.2) is 0 Å². The first-order valence-corrected chi connectivity index (χ1v) is 9.35. The van der Waals surface area contributed by atoms with Crippen molar-refractivity contribution in [2.24, 2.45) is 11.8 Å². The molecule has 1 fully saturated rings. The first-order valence-electron chi connectivity index (χ1n) is 9.35. The van der Waals surface area contributed by atoms with E-state index in [2.05, 4.69) is 18.3 Å². The van der Waals surface area contributed by atoms with Crippen molar-refractivity contribution in [1.29, 1.82) is 5.26 Å². The van der Waals surface area contributed by atoms with E-state index in [0.29, 0.717) is 11.5 Å². The number of carbonyl (C=O) groups excluding carboxylic acids is 1. The van der Waals surface area contributed by atoms with Gasteiger partial charge in [0.2, 0.25) is 5.91 Å². The van der Waals surface area contributed by atoms with Gasteiger partial charge in [-0.05, 0) is 61.2 Å². The average molecular weight is 363 g/mol. The molecule has 2 aromatic carbocycles. The summed E-state index contributed by atoms with van der Waals surface area (Å²) in [6, 6.07) is 14.1. The van der Waals surface area contributed by atoms with Crippen LogP contribution in [0.15, 0.2) is 42.5 Å². The molecule has 2 aromatic rings. The number of hydrogen-bond donors (Lipinski definition) is 1. The van der Waals surface area contributed by atoms with Gasteiger partial charge < -0.3 is 10.2 Å². The van der Waals surface area contributed by atoms with Crippen LogP contribution in [0.25, 0.3) is 0 Å². The molecule has 2 aliphatic rings. The minimum absolute atomic E-state index is 0.00318. The molecule has 138 valence electrons. The van der Waals surface area contributed by atoms with Crippen LogP contribution >= 0.6 is 0 Å². The molecule has 0 spiro atoms. The Morgan fingerprint density at radius 1 is 1.22 bits per heavy atom. The second-order valence-corrected chi connectivity index (χ2v) is 7.59. The summed E-state index contributed by atoms with van der Waals surface area (Å²) in [6.45, 7) is 3.72. The molecule has 1 saturated carbocycles. The van der Waals surface area contributed by atoms with Crippen molar-refractivity contribution in [3.05, 3.63) is 59.4 Å². The highest BCUT2D eigenvalue weighted by Gasteiger charge is 2.47. The van der Waals surface area contributed by atoms with E-state index in [1.807, 2.05) is 17.0 Å². The number of hydrogen-bond acceptors (Lipinski definition) is 3. The Bertz CT molecular complexity index is 914. The SMILES string of the molecule is CC(=O)N1c2ccc(F)cc2C(Nc2ccc(C#N)cc2)[C@@H](C)[C@@H]1C1CC1. The fourth-order valence-corrected chi connectivity index (χ4v) is 4.36. The van der Waals surface area contributed by atoms with Crippen molar-refractivity contribution in [2.45, 2.75) is 38.8 Å². The standard InChI is InChI=1S/C22H22FN3O/c1-13-21(25-18-8-3-15(12-24)4-9-18)19-11-17(23)7-10-20(19)26(14(2)27)22(13)16-5-6-16/h3-4,7-11,13,16,21-22,25H,5-6H2,1-2H3/t13-,21?,22-/m1/s1. The summed E-state index contributed by atoms with van der Waals surface area (Å²) in [5.41, 5.74) is 3.08. The second kappa shape index (κ2) is 6.70. The van der Waals surface area contributed by atoms with E-state index in [9.17, 15) is 9.18 Å². The lowest BCUT2D eigenvalue weighted by Gasteiger charge is -2.46. The number of nitrogens with zero attached hydrogens (tertiary/aromatic N) is 2. The number of nitriles is 1. The lowest BCUT2D eigenvalue weighted by atomic mass is 9.79. The molecule has 0 radical (unpaired) electrons. The van der Waals surface area contributed by atoms with Gasteiger partial charge in [0.1, 0.15) is 5.82 Å². The lowest BCUT2D eigenvalue weighted by Crippen LogP contribution is -2.51. The van der Waals surface area contributed by atoms with E-state index in [-0.39, 0.29) is 29.7 Å². The molecule has 0 saturated heterocycles. The van der Waals surface area contributed by atoms with Gasteiger partial charge in [-0.15, -0.1) is 0 Å². The number of fused-ring (bicyclic) bond motifs is 1. The molecule has 27 heavy (non-hydrogen) atoms. The van der Waals surface area contributed by atoms with Crippen LogP contribution < -0.4 is 10.2 Å². The lowest BCUT2D eigenvalue weighted by molar-refractivity contribution is -0.117. The molecule has 5 heteroatoms. The molecule has 0 bridgehead atoms. The zero-order valence-corrected chi connectivity index (χ0v) is 15.4. The van der Waals surface area contributed by atoms with Crippen LogP contribution in [0.4, 0.5) is 15.8 Å². The summed E-state index contributed by atoms with van der Waals surface area (Å²) in [7, 11) is 0. The molecule has 4 rings (SSSR count). The molecular formula is C22H22FN3O. The number of anilines is 2. The Kier molecular flexibility index (Phi) is 4.35. The van der Waals surface area contributed by atoms with Gasteiger partial charge in [0.25, 0.3) is 0 Å². The van der Waals surface area contributed by atoms with E-state index in [4.69, 9.17) is 5.26 Å². The summed E-state index contributed by atoms with van der Waals surface area (Å²) in [4.78, 5) is 14.3. The Hall–Kier alpha value is -2.87. The average Bonchev–Trinajstić information content (AvgIpc) is 3.48. The zero-order chi connectivity index (χ0) is 19.1. The minimum atomic E-state index is -0.305. The molecule has 4 nitrogen and oxygen atoms in total. The predicted molar refractivity (Wildman–Crippen MR) is 103 cm³/mol. The summed E-state index contributed by atoms with van der Waals surface area (Å²) < 4.78 is 14.1. The van der Waals surface area contributed by atoms with Crippen molar-refractivity contribution < 1.29 is 9.18 Å².